The standard InChI is InChI=1S/C10H8N6/c11-6-13-9-5-10(15-7-14-9)16-8-3-1-2-4-12-8/h1-5,7H,(H2,12,13,14,15,16). The van der Waals surface area contributed by atoms with Crippen molar-refractivity contribution in [2.75, 3.05) is 10.6 Å². The minimum Gasteiger partial charge on any atom is -0.325 e. The van der Waals surface area contributed by atoms with E-state index in [0.717, 1.165) is 0 Å². The number of rotatable bonds is 3. The average molecular weight is 212 g/mol. The SMILES string of the molecule is N#CNc1cc(Nc2ccccn2)ncn1. The van der Waals surface area contributed by atoms with E-state index in [2.05, 4.69) is 25.6 Å². The molecule has 0 amide bonds. The molecule has 0 aliphatic heterocycles. The molecule has 6 nitrogen and oxygen atoms in total. The number of hydrogen-bond donors (Lipinski definition) is 2. The molecule has 0 aliphatic carbocycles. The summed E-state index contributed by atoms with van der Waals surface area (Å²) < 4.78 is 0. The Balaban J connectivity index is 2.16. The third-order valence-electron chi connectivity index (χ3n) is 1.77. The molecule has 0 atom stereocenters. The lowest BCUT2D eigenvalue weighted by molar-refractivity contribution is 1.16. The van der Waals surface area contributed by atoms with E-state index in [9.17, 15) is 0 Å². The number of nitriles is 1. The van der Waals surface area contributed by atoms with Crippen LogP contribution in [0, 0.1) is 11.5 Å². The van der Waals surface area contributed by atoms with E-state index < -0.39 is 0 Å². The molecule has 0 spiro atoms. The second-order valence-electron chi connectivity index (χ2n) is 2.87. The normalized spacial score (nSPS) is 9.19. The van der Waals surface area contributed by atoms with Gasteiger partial charge in [-0.05, 0) is 12.1 Å². The Hall–Kier alpha value is -2.68. The molecule has 6 heteroatoms. The first-order valence-corrected chi connectivity index (χ1v) is 4.54. The van der Waals surface area contributed by atoms with Gasteiger partial charge in [-0.2, -0.15) is 5.26 Å². The maximum atomic E-state index is 8.45. The van der Waals surface area contributed by atoms with Crippen molar-refractivity contribution in [2.24, 2.45) is 0 Å². The highest BCUT2D eigenvalue weighted by Crippen LogP contribution is 2.13. The number of hydrogen-bond acceptors (Lipinski definition) is 6. The molecule has 0 radical (unpaired) electrons. The van der Waals surface area contributed by atoms with Gasteiger partial charge in [-0.1, -0.05) is 6.07 Å². The van der Waals surface area contributed by atoms with Crippen LogP contribution in [-0.2, 0) is 0 Å². The molecule has 78 valence electrons. The summed E-state index contributed by atoms with van der Waals surface area (Å²) in [5.74, 6) is 1.70. The summed E-state index contributed by atoms with van der Waals surface area (Å²) in [6.45, 7) is 0. The molecule has 0 unspecified atom stereocenters. The smallest absolute Gasteiger partial charge is 0.182 e. The zero-order chi connectivity index (χ0) is 11.2. The molecule has 0 aromatic carbocycles. The zero-order valence-electron chi connectivity index (χ0n) is 8.25. The lowest BCUT2D eigenvalue weighted by Gasteiger charge is -2.04. The second-order valence-corrected chi connectivity index (χ2v) is 2.87. The highest BCUT2D eigenvalue weighted by Gasteiger charge is 1.98. The predicted octanol–water partition coefficient (Wildman–Crippen LogP) is 1.51. The first-order valence-electron chi connectivity index (χ1n) is 4.54. The third-order valence-corrected chi connectivity index (χ3v) is 1.77. The summed E-state index contributed by atoms with van der Waals surface area (Å²) in [6, 6.07) is 7.14. The van der Waals surface area contributed by atoms with Gasteiger partial charge in [0.2, 0.25) is 0 Å². The summed E-state index contributed by atoms with van der Waals surface area (Å²) in [4.78, 5) is 12.0. The van der Waals surface area contributed by atoms with Gasteiger partial charge in [-0.3, -0.25) is 5.32 Å². The van der Waals surface area contributed by atoms with Crippen molar-refractivity contribution in [3.05, 3.63) is 36.8 Å². The predicted molar refractivity (Wildman–Crippen MR) is 58.8 cm³/mol. The summed E-state index contributed by atoms with van der Waals surface area (Å²) >= 11 is 0. The fourth-order valence-corrected chi connectivity index (χ4v) is 1.12. The van der Waals surface area contributed by atoms with Crippen LogP contribution in [0.1, 0.15) is 0 Å². The van der Waals surface area contributed by atoms with Gasteiger partial charge in [0.05, 0.1) is 0 Å². The molecule has 0 bridgehead atoms. The molecule has 2 heterocycles. The number of pyridine rings is 1. The molecule has 0 fully saturated rings. The largest absolute Gasteiger partial charge is 0.325 e. The van der Waals surface area contributed by atoms with Crippen molar-refractivity contribution in [2.45, 2.75) is 0 Å². The minimum absolute atomic E-state index is 0.441. The fraction of sp³-hybridized carbons (Fsp3) is 0. The molecule has 2 aromatic heterocycles. The van der Waals surface area contributed by atoms with E-state index in [4.69, 9.17) is 5.26 Å². The Kier molecular flexibility index (Phi) is 2.90. The lowest BCUT2D eigenvalue weighted by atomic mass is 10.4. The van der Waals surface area contributed by atoms with Crippen LogP contribution in [0.15, 0.2) is 36.8 Å². The van der Waals surface area contributed by atoms with Crippen LogP contribution in [-0.4, -0.2) is 15.0 Å². The average Bonchev–Trinajstić information content (AvgIpc) is 2.31. The van der Waals surface area contributed by atoms with E-state index in [-0.39, 0.29) is 0 Å². The Morgan fingerprint density at radius 3 is 2.69 bits per heavy atom. The number of anilines is 3. The van der Waals surface area contributed by atoms with Crippen LogP contribution in [0.25, 0.3) is 0 Å². The summed E-state index contributed by atoms with van der Waals surface area (Å²) in [5.41, 5.74) is 0. The molecule has 0 aliphatic rings. The van der Waals surface area contributed by atoms with Crippen LogP contribution in [0.5, 0.6) is 0 Å². The zero-order valence-corrected chi connectivity index (χ0v) is 8.25. The Bertz CT molecular complexity index is 504. The van der Waals surface area contributed by atoms with Crippen molar-refractivity contribution >= 4 is 17.5 Å². The van der Waals surface area contributed by atoms with Gasteiger partial charge in [0.25, 0.3) is 0 Å². The van der Waals surface area contributed by atoms with Gasteiger partial charge >= 0.3 is 0 Å². The van der Waals surface area contributed by atoms with Crippen LogP contribution >= 0.6 is 0 Å². The van der Waals surface area contributed by atoms with Crippen LogP contribution in [0.3, 0.4) is 0 Å². The van der Waals surface area contributed by atoms with E-state index in [1.165, 1.54) is 6.33 Å². The highest BCUT2D eigenvalue weighted by atomic mass is 15.1. The number of nitrogens with zero attached hydrogens (tertiary/aromatic N) is 4. The third kappa shape index (κ3) is 2.42. The molecule has 2 N–H and O–H groups in total. The van der Waals surface area contributed by atoms with Crippen LogP contribution in [0.4, 0.5) is 17.5 Å². The van der Waals surface area contributed by atoms with Gasteiger partial charge in [-0.25, -0.2) is 15.0 Å². The quantitative estimate of drug-likeness (QED) is 0.592. The monoisotopic (exact) mass is 212 g/mol. The van der Waals surface area contributed by atoms with Gasteiger partial charge in [0, 0.05) is 12.3 Å². The maximum Gasteiger partial charge on any atom is 0.182 e. The Morgan fingerprint density at radius 1 is 1.06 bits per heavy atom. The van der Waals surface area contributed by atoms with Crippen LogP contribution < -0.4 is 10.6 Å². The first kappa shape index (κ1) is 9.86. The minimum atomic E-state index is 0.441. The molecule has 2 aromatic rings. The van der Waals surface area contributed by atoms with Gasteiger partial charge in [0.1, 0.15) is 23.8 Å². The summed E-state index contributed by atoms with van der Waals surface area (Å²) in [6.07, 6.45) is 4.84. The van der Waals surface area contributed by atoms with Crippen molar-refractivity contribution in [3.8, 4) is 6.19 Å². The molecular weight excluding hydrogens is 204 g/mol. The molecule has 2 rings (SSSR count). The second kappa shape index (κ2) is 4.70. The van der Waals surface area contributed by atoms with E-state index in [1.807, 2.05) is 18.2 Å². The van der Waals surface area contributed by atoms with Gasteiger partial charge < -0.3 is 5.32 Å². The van der Waals surface area contributed by atoms with Crippen LogP contribution in [0.2, 0.25) is 0 Å². The molecule has 0 saturated heterocycles. The van der Waals surface area contributed by atoms with Crippen molar-refractivity contribution < 1.29 is 0 Å². The van der Waals surface area contributed by atoms with E-state index in [1.54, 1.807) is 18.5 Å². The first-order chi connectivity index (χ1) is 7.88. The summed E-state index contributed by atoms with van der Waals surface area (Å²) in [5, 5.41) is 13.9. The lowest BCUT2D eigenvalue weighted by Crippen LogP contribution is -1.98. The Morgan fingerprint density at radius 2 is 1.94 bits per heavy atom. The molecule has 0 saturated carbocycles. The Labute approximate surface area is 92.0 Å². The van der Waals surface area contributed by atoms with Crippen molar-refractivity contribution in [3.63, 3.8) is 0 Å². The highest BCUT2D eigenvalue weighted by molar-refractivity contribution is 5.55. The summed E-state index contributed by atoms with van der Waals surface area (Å²) in [7, 11) is 0. The number of aromatic nitrogens is 3. The van der Waals surface area contributed by atoms with Crippen molar-refractivity contribution in [1.82, 2.24) is 15.0 Å². The van der Waals surface area contributed by atoms with Crippen molar-refractivity contribution in [1.29, 1.82) is 5.26 Å². The number of nitrogens with one attached hydrogen (secondary N) is 2. The fourth-order valence-electron chi connectivity index (χ4n) is 1.12. The van der Waals surface area contributed by atoms with E-state index >= 15 is 0 Å². The van der Waals surface area contributed by atoms with E-state index in [0.29, 0.717) is 17.5 Å². The van der Waals surface area contributed by atoms with Gasteiger partial charge in [0.15, 0.2) is 6.19 Å². The molecular formula is C10H8N6. The molecule has 16 heavy (non-hydrogen) atoms. The maximum absolute atomic E-state index is 8.45. The van der Waals surface area contributed by atoms with Gasteiger partial charge in [-0.15, -0.1) is 0 Å². The topological polar surface area (TPSA) is 86.5 Å².